The molecule has 0 saturated carbocycles. The van der Waals surface area contributed by atoms with Crippen LogP contribution < -0.4 is 0 Å². The van der Waals surface area contributed by atoms with Crippen LogP contribution in [0.15, 0.2) is 52.9 Å². The zero-order valence-corrected chi connectivity index (χ0v) is 14.1. The van der Waals surface area contributed by atoms with E-state index >= 15 is 0 Å². The first-order valence-electron chi connectivity index (χ1n) is 4.31. The van der Waals surface area contributed by atoms with Gasteiger partial charge in [0.2, 0.25) is 0 Å². The van der Waals surface area contributed by atoms with Crippen molar-refractivity contribution in [2.45, 2.75) is 0 Å². The zero-order valence-electron chi connectivity index (χ0n) is 7.73. The van der Waals surface area contributed by atoms with E-state index in [1.807, 2.05) is 36.4 Å². The maximum atomic E-state index is 5.65. The molecule has 0 unspecified atom stereocenters. The van der Waals surface area contributed by atoms with Gasteiger partial charge in [-0.1, -0.05) is 36.4 Å². The molecule has 0 aliphatic heterocycles. The monoisotopic (exact) mass is 435 g/mol. The normalized spacial score (nSPS) is 10.3. The topological polar surface area (TPSA) is 13.1 Å². The van der Waals surface area contributed by atoms with Crippen LogP contribution in [-0.4, -0.2) is 0 Å². The Labute approximate surface area is 75.6 Å². The summed E-state index contributed by atoms with van der Waals surface area (Å²) in [6.07, 6.45) is 0. The molecule has 0 spiro atoms. The molecular formula is C12H8ORf. The number of hydrogen-bond donors (Lipinski definition) is 0. The van der Waals surface area contributed by atoms with Crippen LogP contribution in [0.1, 0.15) is 0 Å². The maximum Gasteiger partial charge on any atom is 0.135 e. The molecular weight excluding hydrogens is 427 g/mol. The summed E-state index contributed by atoms with van der Waals surface area (Å²) >= 11 is 0. The molecule has 1 nitrogen and oxygen atoms in total. The van der Waals surface area contributed by atoms with Crippen LogP contribution in [0.25, 0.3) is 21.9 Å². The van der Waals surface area contributed by atoms with Crippen molar-refractivity contribution in [3.63, 3.8) is 0 Å². The second-order valence-corrected chi connectivity index (χ2v) is 3.09. The average molecular weight is 435 g/mol. The number of hydrogen-bond acceptors (Lipinski definition) is 1. The van der Waals surface area contributed by atoms with Gasteiger partial charge in [-0.3, -0.25) is 0 Å². The maximum absolute atomic E-state index is 5.65. The Kier molecular flexibility index (Phi) is 1.48. The first-order valence-corrected chi connectivity index (χ1v) is 4.31. The number of fused-ring (bicyclic) bond motifs is 3. The van der Waals surface area contributed by atoms with Crippen LogP contribution in [0.5, 0.6) is 0 Å². The third-order valence-corrected chi connectivity index (χ3v) is 2.28. The SMILES string of the molecule is [Rf].c1ccc2c(c1)oc1ccccc12. The van der Waals surface area contributed by atoms with Crippen LogP contribution in [0.4, 0.5) is 0 Å². The van der Waals surface area contributed by atoms with Crippen molar-refractivity contribution in [2.24, 2.45) is 0 Å². The molecule has 0 fully saturated rings. The standard InChI is InChI=1S/C12H8O.Rf/c1-3-7-11-9(5-1)10-6-2-4-8-12(10)13-11;/h1-8H;. The molecule has 0 aliphatic carbocycles. The second-order valence-electron chi connectivity index (χ2n) is 3.09. The van der Waals surface area contributed by atoms with Gasteiger partial charge in [-0.2, -0.15) is 0 Å². The van der Waals surface area contributed by atoms with E-state index in [2.05, 4.69) is 12.1 Å². The summed E-state index contributed by atoms with van der Waals surface area (Å²) < 4.78 is 5.65. The van der Waals surface area contributed by atoms with Gasteiger partial charge in [-0.05, 0) is 12.1 Å². The Morgan fingerprint density at radius 2 is 1.07 bits per heavy atom. The van der Waals surface area contributed by atoms with Crippen molar-refractivity contribution in [2.75, 3.05) is 0 Å². The van der Waals surface area contributed by atoms with E-state index in [9.17, 15) is 0 Å². The molecule has 64 valence electrons. The third kappa shape index (κ3) is 0.845. The van der Waals surface area contributed by atoms with E-state index in [-0.39, 0.29) is 0 Å². The van der Waals surface area contributed by atoms with Gasteiger partial charge >= 0.3 is 0 Å². The van der Waals surface area contributed by atoms with Gasteiger partial charge in [0.05, 0.1) is 0 Å². The minimum atomic E-state index is 0. The van der Waals surface area contributed by atoms with Crippen molar-refractivity contribution in [3.05, 3.63) is 48.5 Å². The molecule has 3 rings (SSSR count). The molecule has 14 heavy (non-hydrogen) atoms. The van der Waals surface area contributed by atoms with E-state index in [0.29, 0.717) is 0 Å². The number of benzene rings is 2. The minimum absolute atomic E-state index is 0. The van der Waals surface area contributed by atoms with Crippen molar-refractivity contribution in [1.29, 1.82) is 0 Å². The summed E-state index contributed by atoms with van der Waals surface area (Å²) in [5, 5.41) is 2.39. The average Bonchev–Trinajstić information content (AvgIpc) is 2.56. The summed E-state index contributed by atoms with van der Waals surface area (Å²) in [7, 11) is 0. The molecule has 1 heterocycles. The van der Waals surface area contributed by atoms with Gasteiger partial charge in [-0.15, -0.1) is 0 Å². The van der Waals surface area contributed by atoms with Gasteiger partial charge in [-0.25, -0.2) is 0 Å². The van der Waals surface area contributed by atoms with Crippen molar-refractivity contribution in [3.8, 4) is 0 Å². The van der Waals surface area contributed by atoms with Crippen LogP contribution in [-0.2, 0) is 0 Å². The van der Waals surface area contributed by atoms with Crippen molar-refractivity contribution in [1.82, 2.24) is 0 Å². The summed E-state index contributed by atoms with van der Waals surface area (Å²) in [6.45, 7) is 0. The molecule has 0 amide bonds. The summed E-state index contributed by atoms with van der Waals surface area (Å²) in [6, 6.07) is 16.2. The Morgan fingerprint density at radius 1 is 0.643 bits per heavy atom. The molecule has 0 bridgehead atoms. The molecule has 0 aliphatic rings. The summed E-state index contributed by atoms with van der Waals surface area (Å²) in [5.41, 5.74) is 1.92. The summed E-state index contributed by atoms with van der Waals surface area (Å²) in [4.78, 5) is 0. The third-order valence-electron chi connectivity index (χ3n) is 2.28. The molecule has 0 saturated heterocycles. The Hall–Kier alpha value is -2.76. The second kappa shape index (κ2) is 2.63. The van der Waals surface area contributed by atoms with Crippen LogP contribution in [0, 0.1) is 0 Å². The number of para-hydroxylation sites is 2. The number of rotatable bonds is 0. The molecule has 1 aromatic heterocycles. The Morgan fingerprint density at radius 3 is 1.57 bits per heavy atom. The van der Waals surface area contributed by atoms with Crippen molar-refractivity contribution >= 4 is 21.9 Å². The largest absolute Gasteiger partial charge is 0.456 e. The molecule has 0 atom stereocenters. The molecule has 3 aromatic rings. The van der Waals surface area contributed by atoms with E-state index in [4.69, 9.17) is 4.42 Å². The van der Waals surface area contributed by atoms with Crippen LogP contribution in [0.2, 0.25) is 0 Å². The Bertz CT molecular complexity index is 518. The fourth-order valence-corrected chi connectivity index (χ4v) is 1.67. The fraction of sp³-hybridized carbons (Fsp3) is 0. The molecule has 2 heteroatoms. The first-order chi connectivity index (χ1) is 6.45. The van der Waals surface area contributed by atoms with Crippen LogP contribution in [0.3, 0.4) is 0 Å². The van der Waals surface area contributed by atoms with Gasteiger partial charge < -0.3 is 4.42 Å². The smallest absolute Gasteiger partial charge is 0.135 e. The van der Waals surface area contributed by atoms with Gasteiger partial charge in [0.1, 0.15) is 11.2 Å². The van der Waals surface area contributed by atoms with Gasteiger partial charge in [0.25, 0.3) is 0 Å². The van der Waals surface area contributed by atoms with E-state index < -0.39 is 0 Å². The van der Waals surface area contributed by atoms with Crippen molar-refractivity contribution < 1.29 is 4.42 Å². The Balaban J connectivity index is 0.000000750. The summed E-state index contributed by atoms with van der Waals surface area (Å²) in [5.74, 6) is 0. The van der Waals surface area contributed by atoms with Gasteiger partial charge in [0, 0.05) is 10.8 Å². The van der Waals surface area contributed by atoms with E-state index in [0.717, 1.165) is 11.2 Å². The predicted octanol–water partition coefficient (Wildman–Crippen LogP) is 3.59. The molecule has 0 N–H and O–H groups in total. The van der Waals surface area contributed by atoms with Gasteiger partial charge in [0.15, 0.2) is 0 Å². The minimum Gasteiger partial charge on any atom is -0.456 e. The first kappa shape index (κ1) is 7.87. The van der Waals surface area contributed by atoms with E-state index in [1.54, 1.807) is 0 Å². The van der Waals surface area contributed by atoms with E-state index in [1.165, 1.54) is 10.8 Å². The predicted molar refractivity (Wildman–Crippen MR) is 53.7 cm³/mol. The molecule has 2 aromatic carbocycles. The number of furan rings is 1. The van der Waals surface area contributed by atoms with Crippen LogP contribution >= 0.6 is 0 Å². The quantitative estimate of drug-likeness (QED) is 0.527. The fourth-order valence-electron chi connectivity index (χ4n) is 1.67. The molecule has 0 radical (unpaired) electrons. The zero-order chi connectivity index (χ0) is 8.67.